The summed E-state index contributed by atoms with van der Waals surface area (Å²) < 4.78 is 29.3. The van der Waals surface area contributed by atoms with Crippen LogP contribution < -0.4 is 10.1 Å². The molecule has 3 saturated heterocycles. The summed E-state index contributed by atoms with van der Waals surface area (Å²) in [5, 5.41) is 3.39. The van der Waals surface area contributed by atoms with Crippen LogP contribution in [-0.4, -0.2) is 37.2 Å². The third kappa shape index (κ3) is 2.81. The van der Waals surface area contributed by atoms with Crippen molar-refractivity contribution in [2.45, 2.75) is 25.5 Å². The maximum Gasteiger partial charge on any atom is 0.387 e. The van der Waals surface area contributed by atoms with E-state index < -0.39 is 6.61 Å². The molecule has 3 aliphatic rings. The Hall–Kier alpha value is -1.36. The fourth-order valence-electron chi connectivity index (χ4n) is 3.11. The normalized spacial score (nSPS) is 29.5. The van der Waals surface area contributed by atoms with Crippen molar-refractivity contribution in [2.75, 3.05) is 25.0 Å². The first-order chi connectivity index (χ1) is 9.22. The number of nitrogens with one attached hydrogen (secondary N) is 1. The number of piperidine rings is 3. The Morgan fingerprint density at radius 2 is 1.95 bits per heavy atom. The van der Waals surface area contributed by atoms with Crippen LogP contribution in [0.25, 0.3) is 0 Å². The van der Waals surface area contributed by atoms with Crippen molar-refractivity contribution >= 4 is 5.69 Å². The summed E-state index contributed by atoms with van der Waals surface area (Å²) in [5.74, 6) is 0.874. The van der Waals surface area contributed by atoms with E-state index in [1.54, 1.807) is 18.2 Å². The van der Waals surface area contributed by atoms with Crippen molar-refractivity contribution in [2.24, 2.45) is 5.92 Å². The van der Waals surface area contributed by atoms with E-state index in [1.165, 1.54) is 12.8 Å². The Balaban J connectivity index is 1.72. The molecule has 1 N–H and O–H groups in total. The van der Waals surface area contributed by atoms with Crippen molar-refractivity contribution in [1.29, 1.82) is 0 Å². The Labute approximate surface area is 111 Å². The van der Waals surface area contributed by atoms with Crippen molar-refractivity contribution < 1.29 is 13.5 Å². The Morgan fingerprint density at radius 3 is 2.58 bits per heavy atom. The molecule has 0 saturated carbocycles. The van der Waals surface area contributed by atoms with Gasteiger partial charge in [0.1, 0.15) is 5.75 Å². The van der Waals surface area contributed by atoms with Crippen LogP contribution in [-0.2, 0) is 0 Å². The van der Waals surface area contributed by atoms with E-state index in [1.807, 2.05) is 6.07 Å². The first-order valence-electron chi connectivity index (χ1n) is 6.75. The summed E-state index contributed by atoms with van der Waals surface area (Å²) in [6.45, 7) is 0.540. The van der Waals surface area contributed by atoms with Gasteiger partial charge in [-0.05, 0) is 44.0 Å². The minimum absolute atomic E-state index is 0.231. The zero-order valence-corrected chi connectivity index (χ0v) is 10.7. The van der Waals surface area contributed by atoms with E-state index in [4.69, 9.17) is 0 Å². The van der Waals surface area contributed by atoms with Crippen LogP contribution in [0.15, 0.2) is 24.3 Å². The second-order valence-electron chi connectivity index (χ2n) is 5.26. The quantitative estimate of drug-likeness (QED) is 0.908. The van der Waals surface area contributed by atoms with Crippen LogP contribution in [0.2, 0.25) is 0 Å². The van der Waals surface area contributed by atoms with Gasteiger partial charge in [-0.2, -0.15) is 8.78 Å². The molecule has 3 aliphatic heterocycles. The molecule has 1 unspecified atom stereocenters. The third-order valence-corrected chi connectivity index (χ3v) is 4.10. The van der Waals surface area contributed by atoms with E-state index in [0.717, 1.165) is 19.6 Å². The van der Waals surface area contributed by atoms with Gasteiger partial charge in [0.05, 0.1) is 5.69 Å². The van der Waals surface area contributed by atoms with Crippen LogP contribution in [0, 0.1) is 5.92 Å². The second-order valence-corrected chi connectivity index (χ2v) is 5.26. The number of benzene rings is 1. The summed E-state index contributed by atoms with van der Waals surface area (Å²) in [4.78, 5) is 2.42. The first-order valence-corrected chi connectivity index (χ1v) is 6.75. The van der Waals surface area contributed by atoms with Crippen molar-refractivity contribution in [3.63, 3.8) is 0 Å². The second kappa shape index (κ2) is 5.33. The van der Waals surface area contributed by atoms with Gasteiger partial charge in [0.2, 0.25) is 0 Å². The van der Waals surface area contributed by atoms with Crippen LogP contribution >= 0.6 is 0 Å². The number of hydrogen-bond acceptors (Lipinski definition) is 3. The molecule has 0 aromatic heterocycles. The Kier molecular flexibility index (Phi) is 3.55. The molecule has 5 heteroatoms. The van der Waals surface area contributed by atoms with Crippen LogP contribution in [0.3, 0.4) is 0 Å². The first kappa shape index (κ1) is 12.7. The average Bonchev–Trinajstić information content (AvgIpc) is 2.42. The third-order valence-electron chi connectivity index (χ3n) is 4.10. The van der Waals surface area contributed by atoms with E-state index >= 15 is 0 Å². The molecule has 1 aromatic rings. The lowest BCUT2D eigenvalue weighted by atomic mass is 9.84. The van der Waals surface area contributed by atoms with Crippen LogP contribution in [0.5, 0.6) is 5.75 Å². The summed E-state index contributed by atoms with van der Waals surface area (Å²) in [6.07, 6.45) is 2.38. The molecule has 1 atom stereocenters. The highest BCUT2D eigenvalue weighted by Gasteiger charge is 2.34. The molecule has 0 spiro atoms. The minimum Gasteiger partial charge on any atom is -0.433 e. The Bertz CT molecular complexity index is 433. The largest absolute Gasteiger partial charge is 0.433 e. The summed E-state index contributed by atoms with van der Waals surface area (Å²) in [7, 11) is 0. The summed E-state index contributed by atoms with van der Waals surface area (Å²) in [6, 6.07) is 7.26. The van der Waals surface area contributed by atoms with Gasteiger partial charge in [-0.15, -0.1) is 0 Å². The molecule has 19 heavy (non-hydrogen) atoms. The molecule has 0 radical (unpaired) electrons. The van der Waals surface area contributed by atoms with Crippen molar-refractivity contribution in [3.8, 4) is 5.75 Å². The van der Waals surface area contributed by atoms with Gasteiger partial charge in [0.15, 0.2) is 0 Å². The molecule has 3 heterocycles. The molecule has 0 aliphatic carbocycles. The van der Waals surface area contributed by atoms with Gasteiger partial charge in [-0.1, -0.05) is 12.1 Å². The van der Waals surface area contributed by atoms with E-state index in [9.17, 15) is 8.78 Å². The number of para-hydroxylation sites is 2. The SMILES string of the molecule is FC(F)Oc1ccccc1NC1CN2CCC1CC2. The van der Waals surface area contributed by atoms with Gasteiger partial charge in [0, 0.05) is 12.6 Å². The average molecular weight is 268 g/mol. The standard InChI is InChI=1S/C14H18F2N2O/c15-14(16)19-13-4-2-1-3-11(13)17-12-9-18-7-5-10(12)6-8-18/h1-4,10,12,14,17H,5-9H2. The lowest BCUT2D eigenvalue weighted by molar-refractivity contribution is -0.0494. The van der Waals surface area contributed by atoms with E-state index in [0.29, 0.717) is 17.6 Å². The number of ether oxygens (including phenoxy) is 1. The predicted octanol–water partition coefficient (Wildman–Crippen LogP) is 2.79. The Morgan fingerprint density at radius 1 is 1.21 bits per heavy atom. The fraction of sp³-hybridized carbons (Fsp3) is 0.571. The predicted molar refractivity (Wildman–Crippen MR) is 69.6 cm³/mol. The van der Waals surface area contributed by atoms with Gasteiger partial charge in [0.25, 0.3) is 0 Å². The van der Waals surface area contributed by atoms with E-state index in [-0.39, 0.29) is 5.75 Å². The monoisotopic (exact) mass is 268 g/mol. The van der Waals surface area contributed by atoms with Gasteiger partial charge in [-0.25, -0.2) is 0 Å². The lowest BCUT2D eigenvalue weighted by Gasteiger charge is -2.45. The molecule has 2 bridgehead atoms. The molecule has 1 aromatic carbocycles. The topological polar surface area (TPSA) is 24.5 Å². The van der Waals surface area contributed by atoms with Gasteiger partial charge in [-0.3, -0.25) is 0 Å². The minimum atomic E-state index is -2.78. The number of nitrogens with zero attached hydrogens (tertiary/aromatic N) is 1. The number of anilines is 1. The number of rotatable bonds is 4. The molecular weight excluding hydrogens is 250 g/mol. The molecule has 104 valence electrons. The zero-order valence-electron chi connectivity index (χ0n) is 10.7. The lowest BCUT2D eigenvalue weighted by Crippen LogP contribution is -2.53. The van der Waals surface area contributed by atoms with Crippen LogP contribution in [0.4, 0.5) is 14.5 Å². The summed E-state index contributed by atoms with van der Waals surface area (Å²) >= 11 is 0. The highest BCUT2D eigenvalue weighted by atomic mass is 19.3. The fourth-order valence-corrected chi connectivity index (χ4v) is 3.11. The maximum absolute atomic E-state index is 12.4. The highest BCUT2D eigenvalue weighted by Crippen LogP contribution is 2.33. The molecule has 4 rings (SSSR count). The number of halogens is 2. The zero-order chi connectivity index (χ0) is 13.2. The number of alkyl halides is 2. The molecular formula is C14H18F2N2O. The highest BCUT2D eigenvalue weighted by molar-refractivity contribution is 5.57. The smallest absolute Gasteiger partial charge is 0.387 e. The molecule has 0 amide bonds. The number of fused-ring (bicyclic) bond motifs is 3. The van der Waals surface area contributed by atoms with E-state index in [2.05, 4.69) is 15.0 Å². The van der Waals surface area contributed by atoms with Crippen LogP contribution in [0.1, 0.15) is 12.8 Å². The van der Waals surface area contributed by atoms with Crippen molar-refractivity contribution in [3.05, 3.63) is 24.3 Å². The maximum atomic E-state index is 12.4. The van der Waals surface area contributed by atoms with Gasteiger partial charge >= 0.3 is 6.61 Å². The van der Waals surface area contributed by atoms with Gasteiger partial charge < -0.3 is 15.0 Å². The molecule has 3 fully saturated rings. The number of hydrogen-bond donors (Lipinski definition) is 1. The summed E-state index contributed by atoms with van der Waals surface area (Å²) in [5.41, 5.74) is 0.668. The van der Waals surface area contributed by atoms with Crippen molar-refractivity contribution in [1.82, 2.24) is 4.90 Å². The molecule has 3 nitrogen and oxygen atoms in total.